The largest absolute Gasteiger partial charge is 0.385 e. The minimum Gasteiger partial charge on any atom is -0.385 e. The number of fused-ring (bicyclic) bond motifs is 1. The average molecular weight is 190 g/mol. The molecule has 0 aliphatic heterocycles. The Morgan fingerprint density at radius 2 is 2.07 bits per heavy atom. The van der Waals surface area contributed by atoms with Crippen molar-refractivity contribution in [2.45, 2.75) is 6.10 Å². The van der Waals surface area contributed by atoms with Gasteiger partial charge in [-0.3, -0.25) is 4.98 Å². The molecule has 0 aliphatic rings. The smallest absolute Gasteiger partial charge is 0.178 e. The minimum absolute atomic E-state index is 0.152. The molecule has 1 atom stereocenters. The van der Waals surface area contributed by atoms with Gasteiger partial charge in [-0.2, -0.15) is 0 Å². The number of aliphatic hydroxyl groups is 1. The molecule has 0 fully saturated rings. The van der Waals surface area contributed by atoms with E-state index < -0.39 is 6.10 Å². The number of pyridine rings is 1. The summed E-state index contributed by atoms with van der Waals surface area (Å²) in [6, 6.07) is 3.47. The van der Waals surface area contributed by atoms with Crippen LogP contribution in [-0.4, -0.2) is 26.6 Å². The van der Waals surface area contributed by atoms with Crippen LogP contribution in [0.4, 0.5) is 0 Å². The van der Waals surface area contributed by atoms with Crippen LogP contribution in [0, 0.1) is 0 Å². The molecule has 5 nitrogen and oxygen atoms in total. The van der Waals surface area contributed by atoms with Crippen LogP contribution in [0.15, 0.2) is 24.5 Å². The zero-order chi connectivity index (χ0) is 9.97. The monoisotopic (exact) mass is 190 g/mol. The maximum atomic E-state index is 9.45. The van der Waals surface area contributed by atoms with E-state index >= 15 is 0 Å². The molecule has 0 bridgehead atoms. The van der Waals surface area contributed by atoms with Gasteiger partial charge in [0.2, 0.25) is 0 Å². The third-order valence-corrected chi connectivity index (χ3v) is 1.92. The third kappa shape index (κ3) is 1.55. The van der Waals surface area contributed by atoms with Crippen molar-refractivity contribution >= 4 is 11.2 Å². The Morgan fingerprint density at radius 1 is 1.29 bits per heavy atom. The molecule has 0 spiro atoms. The lowest BCUT2D eigenvalue weighted by Gasteiger charge is -2.06. The second-order valence-electron chi connectivity index (χ2n) is 2.89. The molecule has 2 aromatic heterocycles. The minimum atomic E-state index is -0.735. The first-order chi connectivity index (χ1) is 6.81. The summed E-state index contributed by atoms with van der Waals surface area (Å²) in [5.74, 6) is 0. The normalized spacial score (nSPS) is 13.0. The predicted molar refractivity (Wildman–Crippen MR) is 51.3 cm³/mol. The van der Waals surface area contributed by atoms with Crippen molar-refractivity contribution < 1.29 is 5.11 Å². The molecule has 2 aromatic rings. The molecule has 0 saturated carbocycles. The van der Waals surface area contributed by atoms with Crippen LogP contribution in [0.5, 0.6) is 0 Å². The second kappa shape index (κ2) is 3.65. The summed E-state index contributed by atoms with van der Waals surface area (Å²) in [4.78, 5) is 12.2. The summed E-state index contributed by atoms with van der Waals surface area (Å²) in [6.45, 7) is 0.152. The summed E-state index contributed by atoms with van der Waals surface area (Å²) < 4.78 is 0. The zero-order valence-electron chi connectivity index (χ0n) is 7.46. The third-order valence-electron chi connectivity index (χ3n) is 1.92. The van der Waals surface area contributed by atoms with Gasteiger partial charge in [0.25, 0.3) is 0 Å². The van der Waals surface area contributed by atoms with E-state index in [2.05, 4.69) is 15.0 Å². The fourth-order valence-corrected chi connectivity index (χ4v) is 1.18. The molecule has 72 valence electrons. The molecule has 5 heteroatoms. The van der Waals surface area contributed by atoms with Crippen LogP contribution in [-0.2, 0) is 0 Å². The van der Waals surface area contributed by atoms with E-state index in [1.807, 2.05) is 0 Å². The lowest BCUT2D eigenvalue weighted by molar-refractivity contribution is 0.182. The first-order valence-corrected chi connectivity index (χ1v) is 4.27. The van der Waals surface area contributed by atoms with Gasteiger partial charge in [0, 0.05) is 18.9 Å². The van der Waals surface area contributed by atoms with Crippen molar-refractivity contribution in [3.8, 4) is 0 Å². The number of nitrogens with zero attached hydrogens (tertiary/aromatic N) is 3. The Kier molecular flexibility index (Phi) is 2.34. The number of nitrogens with two attached hydrogens (primary N) is 1. The Hall–Kier alpha value is -1.59. The number of rotatable bonds is 2. The van der Waals surface area contributed by atoms with Gasteiger partial charge >= 0.3 is 0 Å². The molecule has 0 aliphatic carbocycles. The Labute approximate surface area is 80.6 Å². The molecule has 2 heterocycles. The maximum absolute atomic E-state index is 9.45. The van der Waals surface area contributed by atoms with Crippen LogP contribution < -0.4 is 5.73 Å². The zero-order valence-corrected chi connectivity index (χ0v) is 7.46. The number of aromatic nitrogens is 3. The van der Waals surface area contributed by atoms with Crippen molar-refractivity contribution in [2.24, 2.45) is 5.73 Å². The van der Waals surface area contributed by atoms with E-state index in [0.29, 0.717) is 16.9 Å². The van der Waals surface area contributed by atoms with Gasteiger partial charge in [-0.25, -0.2) is 9.97 Å². The topological polar surface area (TPSA) is 84.9 Å². The van der Waals surface area contributed by atoms with Gasteiger partial charge in [-0.15, -0.1) is 0 Å². The van der Waals surface area contributed by atoms with Gasteiger partial charge in [-0.1, -0.05) is 0 Å². The van der Waals surface area contributed by atoms with E-state index in [4.69, 9.17) is 5.73 Å². The lowest BCUT2D eigenvalue weighted by atomic mass is 10.2. The highest BCUT2D eigenvalue weighted by atomic mass is 16.3. The van der Waals surface area contributed by atoms with Crippen molar-refractivity contribution in [3.63, 3.8) is 0 Å². The van der Waals surface area contributed by atoms with Gasteiger partial charge < -0.3 is 10.8 Å². The van der Waals surface area contributed by atoms with Gasteiger partial charge in [0.05, 0.1) is 5.69 Å². The van der Waals surface area contributed by atoms with Crippen molar-refractivity contribution in [1.82, 2.24) is 15.0 Å². The first-order valence-electron chi connectivity index (χ1n) is 4.27. The molecular formula is C9H10N4O. The summed E-state index contributed by atoms with van der Waals surface area (Å²) in [7, 11) is 0. The predicted octanol–water partition coefficient (Wildman–Crippen LogP) is 0.0169. The molecule has 3 N–H and O–H groups in total. The van der Waals surface area contributed by atoms with Crippen molar-refractivity contribution in [2.75, 3.05) is 6.54 Å². The summed E-state index contributed by atoms with van der Waals surface area (Å²) in [6.07, 6.45) is 2.43. The fourth-order valence-electron chi connectivity index (χ4n) is 1.18. The van der Waals surface area contributed by atoms with Crippen LogP contribution >= 0.6 is 0 Å². The molecule has 2 rings (SSSR count). The number of aliphatic hydroxyl groups excluding tert-OH is 1. The Balaban J connectivity index is 2.51. The Bertz CT molecular complexity index is 446. The van der Waals surface area contributed by atoms with Crippen LogP contribution in [0.25, 0.3) is 11.2 Å². The van der Waals surface area contributed by atoms with Gasteiger partial charge in [-0.05, 0) is 12.1 Å². The van der Waals surface area contributed by atoms with Crippen LogP contribution in [0.1, 0.15) is 11.8 Å². The average Bonchev–Trinajstić information content (AvgIpc) is 2.27. The molecule has 0 amide bonds. The number of hydrogen-bond donors (Lipinski definition) is 2. The Morgan fingerprint density at radius 3 is 2.86 bits per heavy atom. The van der Waals surface area contributed by atoms with Gasteiger partial charge in [0.1, 0.15) is 11.6 Å². The first kappa shape index (κ1) is 8.98. The summed E-state index contributed by atoms with van der Waals surface area (Å²) >= 11 is 0. The highest BCUT2D eigenvalue weighted by Crippen LogP contribution is 2.12. The lowest BCUT2D eigenvalue weighted by Crippen LogP contribution is -2.13. The maximum Gasteiger partial charge on any atom is 0.178 e. The summed E-state index contributed by atoms with van der Waals surface area (Å²) in [5, 5.41) is 9.45. The van der Waals surface area contributed by atoms with E-state index in [-0.39, 0.29) is 6.54 Å². The fraction of sp³-hybridized carbons (Fsp3) is 0.222. The van der Waals surface area contributed by atoms with Crippen molar-refractivity contribution in [1.29, 1.82) is 0 Å². The highest BCUT2D eigenvalue weighted by molar-refractivity contribution is 5.68. The van der Waals surface area contributed by atoms with E-state index in [9.17, 15) is 5.11 Å². The standard InChI is InChI=1S/C9H10N4O/c10-5-8(14)6-1-2-7-9(13-6)12-4-3-11-7/h1-4,8,14H,5,10H2. The molecule has 1 unspecified atom stereocenters. The molecular weight excluding hydrogens is 180 g/mol. The number of hydrogen-bond acceptors (Lipinski definition) is 5. The molecule has 14 heavy (non-hydrogen) atoms. The second-order valence-corrected chi connectivity index (χ2v) is 2.89. The quantitative estimate of drug-likeness (QED) is 0.697. The molecule has 0 saturated heterocycles. The van der Waals surface area contributed by atoms with E-state index in [1.165, 1.54) is 0 Å². The summed E-state index contributed by atoms with van der Waals surface area (Å²) in [5.41, 5.74) is 7.08. The highest BCUT2D eigenvalue weighted by Gasteiger charge is 2.07. The van der Waals surface area contributed by atoms with Gasteiger partial charge in [0.15, 0.2) is 5.65 Å². The molecule has 0 radical (unpaired) electrons. The van der Waals surface area contributed by atoms with Crippen LogP contribution in [0.3, 0.4) is 0 Å². The van der Waals surface area contributed by atoms with Crippen molar-refractivity contribution in [3.05, 3.63) is 30.2 Å². The van der Waals surface area contributed by atoms with E-state index in [1.54, 1.807) is 24.5 Å². The van der Waals surface area contributed by atoms with Crippen LogP contribution in [0.2, 0.25) is 0 Å². The SMILES string of the molecule is NCC(O)c1ccc2nccnc2n1. The van der Waals surface area contributed by atoms with E-state index in [0.717, 1.165) is 0 Å². The molecule has 0 aromatic carbocycles.